The van der Waals surface area contributed by atoms with Gasteiger partial charge in [-0.1, -0.05) is 41.6 Å². The first-order valence-electron chi connectivity index (χ1n) is 8.69. The van der Waals surface area contributed by atoms with E-state index in [9.17, 15) is 4.39 Å². The molecule has 1 aromatic heterocycles. The number of halogens is 2. The summed E-state index contributed by atoms with van der Waals surface area (Å²) in [7, 11) is 0. The first-order valence-corrected chi connectivity index (χ1v) is 8.69. The normalized spacial score (nSPS) is 15.9. The lowest BCUT2D eigenvalue weighted by atomic mass is 9.74. The minimum absolute atomic E-state index is 0. The minimum atomic E-state index is -0.525. The Bertz CT molecular complexity index is 892. The second-order valence-electron chi connectivity index (χ2n) is 6.53. The van der Waals surface area contributed by atoms with Crippen LogP contribution in [0.1, 0.15) is 29.9 Å². The Kier molecular flexibility index (Phi) is 5.89. The van der Waals surface area contributed by atoms with Crippen molar-refractivity contribution in [2.75, 3.05) is 13.2 Å². The van der Waals surface area contributed by atoms with Gasteiger partial charge in [0.15, 0.2) is 0 Å². The van der Waals surface area contributed by atoms with E-state index in [1.165, 1.54) is 6.07 Å². The average molecular weight is 390 g/mol. The van der Waals surface area contributed by atoms with Crippen LogP contribution in [0.2, 0.25) is 0 Å². The predicted octanol–water partition coefficient (Wildman–Crippen LogP) is 3.85. The lowest BCUT2D eigenvalue weighted by Gasteiger charge is -2.34. The summed E-state index contributed by atoms with van der Waals surface area (Å²) in [5.74, 6) is 0.751. The Morgan fingerprint density at radius 1 is 1.07 bits per heavy atom. The highest BCUT2D eigenvalue weighted by Gasteiger charge is 2.41. The number of benzene rings is 2. The van der Waals surface area contributed by atoms with Crippen LogP contribution in [0, 0.1) is 5.82 Å². The maximum Gasteiger partial charge on any atom is 0.237 e. The lowest BCUT2D eigenvalue weighted by Crippen LogP contribution is -2.35. The second-order valence-corrected chi connectivity index (χ2v) is 6.53. The summed E-state index contributed by atoms with van der Waals surface area (Å²) in [6.07, 6.45) is 1.34. The molecule has 0 saturated carbocycles. The molecule has 142 valence electrons. The van der Waals surface area contributed by atoms with Crippen molar-refractivity contribution in [1.29, 1.82) is 0 Å². The van der Waals surface area contributed by atoms with E-state index in [1.54, 1.807) is 12.1 Å². The maximum absolute atomic E-state index is 13.8. The number of hydrogen-bond donors (Lipinski definition) is 1. The molecule has 0 radical (unpaired) electrons. The molecule has 7 heteroatoms. The molecule has 0 amide bonds. The van der Waals surface area contributed by atoms with Crippen molar-refractivity contribution < 1.29 is 13.7 Å². The zero-order valence-corrected chi connectivity index (χ0v) is 15.5. The van der Waals surface area contributed by atoms with Crippen LogP contribution in [0.4, 0.5) is 4.39 Å². The largest absolute Gasteiger partial charge is 0.381 e. The van der Waals surface area contributed by atoms with E-state index in [0.29, 0.717) is 44.3 Å². The van der Waals surface area contributed by atoms with Gasteiger partial charge in [-0.05, 0) is 36.1 Å². The van der Waals surface area contributed by atoms with Crippen LogP contribution in [0.5, 0.6) is 0 Å². The third-order valence-corrected chi connectivity index (χ3v) is 5.01. The molecule has 5 nitrogen and oxygen atoms in total. The third kappa shape index (κ3) is 3.74. The van der Waals surface area contributed by atoms with Crippen molar-refractivity contribution in [3.63, 3.8) is 0 Å². The van der Waals surface area contributed by atoms with Crippen LogP contribution >= 0.6 is 12.4 Å². The first kappa shape index (κ1) is 19.5. The SMILES string of the molecule is Cl.NCc1ccc(-c2noc(C3(c4cccc(F)c4)CCOCC3)n2)cc1. The van der Waals surface area contributed by atoms with Gasteiger partial charge in [0.1, 0.15) is 5.82 Å². The van der Waals surface area contributed by atoms with E-state index in [1.807, 2.05) is 30.3 Å². The van der Waals surface area contributed by atoms with E-state index in [4.69, 9.17) is 15.0 Å². The predicted molar refractivity (Wildman–Crippen MR) is 102 cm³/mol. The van der Waals surface area contributed by atoms with Gasteiger partial charge in [-0.3, -0.25) is 0 Å². The van der Waals surface area contributed by atoms with Crippen molar-refractivity contribution in [2.24, 2.45) is 5.73 Å². The van der Waals surface area contributed by atoms with E-state index in [-0.39, 0.29) is 18.2 Å². The summed E-state index contributed by atoms with van der Waals surface area (Å²) in [6.45, 7) is 1.62. The lowest BCUT2D eigenvalue weighted by molar-refractivity contribution is 0.0522. The Hall–Kier alpha value is -2.28. The van der Waals surface area contributed by atoms with Gasteiger partial charge < -0.3 is 15.0 Å². The van der Waals surface area contributed by atoms with Gasteiger partial charge >= 0.3 is 0 Å². The second kappa shape index (κ2) is 8.17. The number of hydrogen-bond acceptors (Lipinski definition) is 5. The summed E-state index contributed by atoms with van der Waals surface area (Å²) >= 11 is 0. The summed E-state index contributed by atoms with van der Waals surface area (Å²) in [5, 5.41) is 4.16. The van der Waals surface area contributed by atoms with Crippen LogP contribution in [0.15, 0.2) is 53.1 Å². The van der Waals surface area contributed by atoms with Crippen LogP contribution in [0.25, 0.3) is 11.4 Å². The van der Waals surface area contributed by atoms with Crippen molar-refractivity contribution in [2.45, 2.75) is 24.8 Å². The smallest absolute Gasteiger partial charge is 0.237 e. The van der Waals surface area contributed by atoms with Gasteiger partial charge in [0.2, 0.25) is 11.7 Å². The summed E-state index contributed by atoms with van der Waals surface area (Å²) < 4.78 is 25.0. The van der Waals surface area contributed by atoms with Crippen molar-refractivity contribution in [3.05, 3.63) is 71.4 Å². The molecular formula is C20H21ClFN3O2. The fourth-order valence-electron chi connectivity index (χ4n) is 3.46. The van der Waals surface area contributed by atoms with Gasteiger partial charge in [0, 0.05) is 25.3 Å². The number of ether oxygens (including phenoxy) is 1. The van der Waals surface area contributed by atoms with Gasteiger partial charge in [-0.15, -0.1) is 12.4 Å². The zero-order chi connectivity index (χ0) is 18.0. The highest BCUT2D eigenvalue weighted by molar-refractivity contribution is 5.85. The zero-order valence-electron chi connectivity index (χ0n) is 14.7. The van der Waals surface area contributed by atoms with E-state index in [2.05, 4.69) is 10.1 Å². The minimum Gasteiger partial charge on any atom is -0.381 e. The third-order valence-electron chi connectivity index (χ3n) is 5.01. The Balaban J connectivity index is 0.00000210. The summed E-state index contributed by atoms with van der Waals surface area (Å²) in [5.41, 5.74) is 7.86. The molecule has 0 bridgehead atoms. The number of nitrogens with zero attached hydrogens (tertiary/aromatic N) is 2. The molecule has 1 saturated heterocycles. The van der Waals surface area contributed by atoms with Crippen LogP contribution < -0.4 is 5.73 Å². The highest BCUT2D eigenvalue weighted by Crippen LogP contribution is 2.41. The molecule has 0 unspecified atom stereocenters. The van der Waals surface area contributed by atoms with Gasteiger partial charge in [0.25, 0.3) is 0 Å². The Morgan fingerprint density at radius 3 is 2.48 bits per heavy atom. The van der Waals surface area contributed by atoms with Crippen molar-refractivity contribution >= 4 is 12.4 Å². The molecule has 1 aliphatic heterocycles. The number of nitrogens with two attached hydrogens (primary N) is 1. The fourth-order valence-corrected chi connectivity index (χ4v) is 3.46. The molecule has 1 aliphatic rings. The van der Waals surface area contributed by atoms with Crippen molar-refractivity contribution in [3.8, 4) is 11.4 Å². The average Bonchev–Trinajstić information content (AvgIpc) is 3.19. The summed E-state index contributed by atoms with van der Waals surface area (Å²) in [6, 6.07) is 14.4. The molecule has 0 spiro atoms. The molecule has 27 heavy (non-hydrogen) atoms. The fraction of sp³-hybridized carbons (Fsp3) is 0.300. The van der Waals surface area contributed by atoms with Gasteiger partial charge in [0.05, 0.1) is 5.41 Å². The van der Waals surface area contributed by atoms with Crippen LogP contribution in [-0.4, -0.2) is 23.4 Å². The van der Waals surface area contributed by atoms with Crippen molar-refractivity contribution in [1.82, 2.24) is 10.1 Å². The van der Waals surface area contributed by atoms with Crippen LogP contribution in [-0.2, 0) is 16.7 Å². The molecule has 0 aliphatic carbocycles. The molecular weight excluding hydrogens is 369 g/mol. The Morgan fingerprint density at radius 2 is 1.81 bits per heavy atom. The van der Waals surface area contributed by atoms with E-state index >= 15 is 0 Å². The maximum atomic E-state index is 13.8. The quantitative estimate of drug-likeness (QED) is 0.733. The molecule has 2 heterocycles. The topological polar surface area (TPSA) is 74.2 Å². The van der Waals surface area contributed by atoms with E-state index < -0.39 is 5.41 Å². The molecule has 2 N–H and O–H groups in total. The molecule has 0 atom stereocenters. The highest BCUT2D eigenvalue weighted by atomic mass is 35.5. The molecule has 3 aromatic rings. The number of rotatable bonds is 4. The van der Waals surface area contributed by atoms with Crippen LogP contribution in [0.3, 0.4) is 0 Å². The number of aromatic nitrogens is 2. The molecule has 1 fully saturated rings. The molecule has 4 rings (SSSR count). The van der Waals surface area contributed by atoms with Gasteiger partial charge in [-0.2, -0.15) is 4.98 Å². The van der Waals surface area contributed by atoms with Gasteiger partial charge in [-0.25, -0.2) is 4.39 Å². The monoisotopic (exact) mass is 389 g/mol. The molecule has 2 aromatic carbocycles. The Labute approximate surface area is 163 Å². The standard InChI is InChI=1S/C20H20FN3O2.ClH/c21-17-3-1-2-16(12-17)20(8-10-25-11-9-20)19-23-18(24-26-19)15-6-4-14(13-22)5-7-15;/h1-7,12H,8-11,13,22H2;1H. The summed E-state index contributed by atoms with van der Waals surface area (Å²) in [4.78, 5) is 4.65. The van der Waals surface area contributed by atoms with E-state index in [0.717, 1.165) is 16.7 Å². The first-order chi connectivity index (χ1) is 12.7.